The molecule has 0 radical (unpaired) electrons. The second-order valence-corrected chi connectivity index (χ2v) is 11.1. The first-order valence-electron chi connectivity index (χ1n) is 10.2. The van der Waals surface area contributed by atoms with Crippen LogP contribution in [-0.4, -0.2) is 68.4 Å². The van der Waals surface area contributed by atoms with Gasteiger partial charge in [-0.15, -0.1) is 11.3 Å². The summed E-state index contributed by atoms with van der Waals surface area (Å²) in [7, 11) is -3.16. The summed E-state index contributed by atoms with van der Waals surface area (Å²) in [6, 6.07) is 6.49. The summed E-state index contributed by atoms with van der Waals surface area (Å²) in [5, 5.41) is 1.02. The highest BCUT2D eigenvalue weighted by molar-refractivity contribution is 7.88. The summed E-state index contributed by atoms with van der Waals surface area (Å²) >= 11 is 1.64. The molecule has 10 heteroatoms. The van der Waals surface area contributed by atoms with Crippen LogP contribution in [0.2, 0.25) is 0 Å². The number of nitrogens with zero attached hydrogens (tertiary/aromatic N) is 4. The van der Waals surface area contributed by atoms with Gasteiger partial charge in [0, 0.05) is 56.6 Å². The van der Waals surface area contributed by atoms with Gasteiger partial charge in [-0.2, -0.15) is 4.31 Å². The van der Waals surface area contributed by atoms with Crippen molar-refractivity contribution in [3.63, 3.8) is 0 Å². The van der Waals surface area contributed by atoms with Crippen LogP contribution in [0.4, 0.5) is 5.13 Å². The summed E-state index contributed by atoms with van der Waals surface area (Å²) in [4.78, 5) is 10.7. The minimum Gasteiger partial charge on any atom is -0.454 e. The highest BCUT2D eigenvalue weighted by Gasteiger charge is 2.29. The largest absolute Gasteiger partial charge is 0.454 e. The lowest BCUT2D eigenvalue weighted by molar-refractivity contribution is 0.173. The number of hydrogen-bond donors (Lipinski definition) is 0. The Labute approximate surface area is 181 Å². The summed E-state index contributed by atoms with van der Waals surface area (Å²) in [6.45, 7) is 7.24. The highest BCUT2D eigenvalue weighted by atomic mass is 32.2. The van der Waals surface area contributed by atoms with Crippen molar-refractivity contribution in [3.05, 3.63) is 34.3 Å². The van der Waals surface area contributed by atoms with Gasteiger partial charge in [0.15, 0.2) is 16.6 Å². The number of thiazole rings is 1. The number of piperazine rings is 1. The van der Waals surface area contributed by atoms with E-state index >= 15 is 0 Å². The molecule has 0 saturated carbocycles. The lowest BCUT2D eigenvalue weighted by Crippen LogP contribution is -2.47. The standard InChI is InChI=1S/C20H26N4O4S2/c1-14(15-3-4-17-18(11-15)28-13-27-17)22-7-9-23(10-8-22)20-21-16-5-6-24(30(2,25)26)12-19(16)29-20/h3-4,11,14H,5-10,12-13H2,1-2H3. The number of rotatable bonds is 4. The summed E-state index contributed by atoms with van der Waals surface area (Å²) in [5.74, 6) is 1.65. The van der Waals surface area contributed by atoms with Crippen molar-refractivity contribution in [2.75, 3.05) is 50.7 Å². The molecule has 1 aromatic carbocycles. The van der Waals surface area contributed by atoms with Crippen molar-refractivity contribution in [1.29, 1.82) is 0 Å². The second kappa shape index (κ2) is 7.67. The lowest BCUT2D eigenvalue weighted by Gasteiger charge is -2.38. The molecular weight excluding hydrogens is 424 g/mol. The van der Waals surface area contributed by atoms with E-state index in [9.17, 15) is 8.42 Å². The maximum atomic E-state index is 11.9. The predicted molar refractivity (Wildman–Crippen MR) is 116 cm³/mol. The molecule has 2 aromatic rings. The molecule has 0 aliphatic carbocycles. The molecule has 0 amide bonds. The van der Waals surface area contributed by atoms with Crippen molar-refractivity contribution in [3.8, 4) is 11.5 Å². The van der Waals surface area contributed by atoms with E-state index in [0.717, 1.165) is 53.4 Å². The van der Waals surface area contributed by atoms with E-state index in [4.69, 9.17) is 14.5 Å². The van der Waals surface area contributed by atoms with Gasteiger partial charge in [-0.05, 0) is 24.6 Å². The first-order valence-corrected chi connectivity index (χ1v) is 12.9. The third-order valence-corrected chi connectivity index (χ3v) is 8.56. The van der Waals surface area contributed by atoms with Crippen LogP contribution in [0.1, 0.15) is 29.1 Å². The number of sulfonamides is 1. The third kappa shape index (κ3) is 3.77. The van der Waals surface area contributed by atoms with E-state index in [0.29, 0.717) is 32.3 Å². The quantitative estimate of drug-likeness (QED) is 0.706. The first kappa shape index (κ1) is 20.0. The Morgan fingerprint density at radius 2 is 1.87 bits per heavy atom. The Morgan fingerprint density at radius 1 is 1.10 bits per heavy atom. The molecule has 1 atom stereocenters. The fourth-order valence-electron chi connectivity index (χ4n) is 4.26. The SMILES string of the molecule is CC(c1ccc2c(c1)OCO2)N1CCN(c2nc3c(s2)CN(S(C)(=O)=O)CC3)CC1. The Balaban J connectivity index is 1.23. The Kier molecular flexibility index (Phi) is 5.12. The Hall–Kier alpha value is -1.88. The molecule has 0 spiro atoms. The molecule has 30 heavy (non-hydrogen) atoms. The number of aromatic nitrogens is 1. The number of ether oxygens (including phenoxy) is 2. The van der Waals surface area contributed by atoms with Gasteiger partial charge >= 0.3 is 0 Å². The molecular formula is C20H26N4O4S2. The molecule has 1 fully saturated rings. The van der Waals surface area contributed by atoms with Crippen LogP contribution < -0.4 is 14.4 Å². The fraction of sp³-hybridized carbons (Fsp3) is 0.550. The van der Waals surface area contributed by atoms with E-state index in [1.165, 1.54) is 11.8 Å². The molecule has 8 nitrogen and oxygen atoms in total. The normalized spacial score (nSPS) is 20.9. The molecule has 5 rings (SSSR count). The van der Waals surface area contributed by atoms with Crippen molar-refractivity contribution in [2.24, 2.45) is 0 Å². The van der Waals surface area contributed by atoms with Crippen molar-refractivity contribution < 1.29 is 17.9 Å². The average Bonchev–Trinajstić information content (AvgIpc) is 3.38. The van der Waals surface area contributed by atoms with E-state index in [2.05, 4.69) is 28.9 Å². The van der Waals surface area contributed by atoms with Crippen LogP contribution in [0.25, 0.3) is 0 Å². The molecule has 162 valence electrons. The van der Waals surface area contributed by atoms with Gasteiger partial charge in [0.1, 0.15) is 0 Å². The molecule has 1 unspecified atom stereocenters. The van der Waals surface area contributed by atoms with Crippen LogP contribution in [-0.2, 0) is 23.0 Å². The molecule has 0 bridgehead atoms. The van der Waals surface area contributed by atoms with Crippen LogP contribution in [0.5, 0.6) is 11.5 Å². The smallest absolute Gasteiger partial charge is 0.231 e. The Bertz CT molecular complexity index is 1050. The molecule has 3 aliphatic rings. The first-order chi connectivity index (χ1) is 14.4. The highest BCUT2D eigenvalue weighted by Crippen LogP contribution is 2.36. The lowest BCUT2D eigenvalue weighted by atomic mass is 10.1. The number of anilines is 1. The van der Waals surface area contributed by atoms with Crippen LogP contribution in [0.3, 0.4) is 0 Å². The van der Waals surface area contributed by atoms with Crippen LogP contribution >= 0.6 is 11.3 Å². The van der Waals surface area contributed by atoms with Crippen molar-refractivity contribution in [2.45, 2.75) is 25.9 Å². The maximum Gasteiger partial charge on any atom is 0.231 e. The van der Waals surface area contributed by atoms with Gasteiger partial charge in [-0.25, -0.2) is 13.4 Å². The molecule has 4 heterocycles. The van der Waals surface area contributed by atoms with Gasteiger partial charge in [0.05, 0.1) is 11.9 Å². The zero-order valence-electron chi connectivity index (χ0n) is 17.2. The van der Waals surface area contributed by atoms with E-state index in [-0.39, 0.29) is 0 Å². The van der Waals surface area contributed by atoms with E-state index in [1.807, 2.05) is 6.07 Å². The van der Waals surface area contributed by atoms with Gasteiger partial charge in [-0.1, -0.05) is 6.07 Å². The van der Waals surface area contributed by atoms with Gasteiger partial charge < -0.3 is 14.4 Å². The van der Waals surface area contributed by atoms with Gasteiger partial charge in [-0.3, -0.25) is 4.90 Å². The minimum atomic E-state index is -3.16. The minimum absolute atomic E-state index is 0.297. The second-order valence-electron chi connectivity index (χ2n) is 8.02. The van der Waals surface area contributed by atoms with Gasteiger partial charge in [0.25, 0.3) is 0 Å². The van der Waals surface area contributed by atoms with E-state index in [1.54, 1.807) is 15.6 Å². The molecule has 1 aromatic heterocycles. The summed E-state index contributed by atoms with van der Waals surface area (Å²) < 4.78 is 36.2. The summed E-state index contributed by atoms with van der Waals surface area (Å²) in [6.07, 6.45) is 1.97. The van der Waals surface area contributed by atoms with Gasteiger partial charge in [0.2, 0.25) is 16.8 Å². The van der Waals surface area contributed by atoms with Crippen LogP contribution in [0, 0.1) is 0 Å². The summed E-state index contributed by atoms with van der Waals surface area (Å²) in [5.41, 5.74) is 2.30. The number of hydrogen-bond acceptors (Lipinski definition) is 8. The van der Waals surface area contributed by atoms with Crippen molar-refractivity contribution >= 4 is 26.5 Å². The van der Waals surface area contributed by atoms with Crippen LogP contribution in [0.15, 0.2) is 18.2 Å². The molecule has 0 N–H and O–H groups in total. The molecule has 1 saturated heterocycles. The molecule has 3 aliphatic heterocycles. The maximum absolute atomic E-state index is 11.9. The average molecular weight is 451 g/mol. The third-order valence-electron chi connectivity index (χ3n) is 6.17. The topological polar surface area (TPSA) is 75.2 Å². The monoisotopic (exact) mass is 450 g/mol. The number of fused-ring (bicyclic) bond motifs is 2. The zero-order chi connectivity index (χ0) is 20.9. The Morgan fingerprint density at radius 3 is 2.63 bits per heavy atom. The van der Waals surface area contributed by atoms with Crippen molar-refractivity contribution in [1.82, 2.24) is 14.2 Å². The fourth-order valence-corrected chi connectivity index (χ4v) is 6.30. The van der Waals surface area contributed by atoms with E-state index < -0.39 is 10.0 Å². The zero-order valence-corrected chi connectivity index (χ0v) is 18.8. The predicted octanol–water partition coefficient (Wildman–Crippen LogP) is 2.07. The number of benzene rings is 1.